The van der Waals surface area contributed by atoms with Crippen LogP contribution in [0.3, 0.4) is 0 Å². The molecule has 0 atom stereocenters. The molecule has 8 heteroatoms. The van der Waals surface area contributed by atoms with Crippen molar-refractivity contribution in [1.29, 1.82) is 0 Å². The molecule has 0 radical (unpaired) electrons. The second-order valence-electron chi connectivity index (χ2n) is 5.22. The number of halogens is 1. The summed E-state index contributed by atoms with van der Waals surface area (Å²) in [4.78, 5) is 36.0. The van der Waals surface area contributed by atoms with Gasteiger partial charge in [0, 0.05) is 10.0 Å². The monoisotopic (exact) mass is 446 g/mol. The molecular weight excluding hydrogens is 436 g/mol. The number of hydrazine groups is 1. The molecule has 2 amide bonds. The lowest BCUT2D eigenvalue weighted by molar-refractivity contribution is -0.123. The number of amides is 2. The van der Waals surface area contributed by atoms with E-state index in [1.54, 1.807) is 54.6 Å². The number of hydrogen-bond acceptors (Lipinski definition) is 5. The van der Waals surface area contributed by atoms with Crippen LogP contribution < -0.4 is 5.43 Å². The number of rotatable bonds is 4. The van der Waals surface area contributed by atoms with Gasteiger partial charge in [0.1, 0.15) is 6.29 Å². The van der Waals surface area contributed by atoms with Crippen LogP contribution in [0.15, 0.2) is 57.9 Å². The number of nitrogens with zero attached hydrogens (tertiary/aromatic N) is 1. The summed E-state index contributed by atoms with van der Waals surface area (Å²) >= 11 is 9.61. The Bertz CT molecular complexity index is 942. The molecule has 0 unspecified atom stereocenters. The molecule has 1 aliphatic rings. The van der Waals surface area contributed by atoms with E-state index in [0.29, 0.717) is 20.5 Å². The Kier molecular flexibility index (Phi) is 5.65. The van der Waals surface area contributed by atoms with Gasteiger partial charge in [-0.15, -0.1) is 0 Å². The van der Waals surface area contributed by atoms with Crippen molar-refractivity contribution >= 4 is 68.4 Å². The smallest absolute Gasteiger partial charge is 0.285 e. The molecule has 26 heavy (non-hydrogen) atoms. The van der Waals surface area contributed by atoms with Gasteiger partial charge in [-0.25, -0.2) is 0 Å². The molecular formula is C18H11BrN2O3S2. The minimum Gasteiger partial charge on any atom is -0.298 e. The van der Waals surface area contributed by atoms with Gasteiger partial charge in [0.2, 0.25) is 0 Å². The summed E-state index contributed by atoms with van der Waals surface area (Å²) in [5, 5.41) is 1.06. The second-order valence-corrected chi connectivity index (χ2v) is 7.75. The molecule has 2 aromatic carbocycles. The Hall–Kier alpha value is -2.29. The van der Waals surface area contributed by atoms with Crippen molar-refractivity contribution in [3.05, 3.63) is 74.6 Å². The van der Waals surface area contributed by atoms with Crippen LogP contribution in [-0.4, -0.2) is 27.4 Å². The van der Waals surface area contributed by atoms with Crippen molar-refractivity contribution in [3.8, 4) is 0 Å². The van der Waals surface area contributed by atoms with Crippen molar-refractivity contribution in [2.45, 2.75) is 0 Å². The van der Waals surface area contributed by atoms with Gasteiger partial charge in [0.15, 0.2) is 4.32 Å². The van der Waals surface area contributed by atoms with E-state index >= 15 is 0 Å². The Labute approximate surface area is 167 Å². The van der Waals surface area contributed by atoms with E-state index in [1.807, 2.05) is 0 Å². The molecule has 0 aromatic heterocycles. The van der Waals surface area contributed by atoms with Crippen molar-refractivity contribution in [1.82, 2.24) is 10.4 Å². The molecule has 1 saturated heterocycles. The van der Waals surface area contributed by atoms with Gasteiger partial charge in [0.05, 0.1) is 10.5 Å². The highest BCUT2D eigenvalue weighted by atomic mass is 79.9. The number of hydrogen-bond donors (Lipinski definition) is 1. The molecule has 1 fully saturated rings. The van der Waals surface area contributed by atoms with Crippen LogP contribution in [0, 0.1) is 0 Å². The van der Waals surface area contributed by atoms with E-state index in [9.17, 15) is 14.4 Å². The van der Waals surface area contributed by atoms with Gasteiger partial charge in [0.25, 0.3) is 11.8 Å². The average molecular weight is 447 g/mol. The number of nitrogens with one attached hydrogen (secondary N) is 1. The SMILES string of the molecule is O=Cc1ccc(/C=C2/SC(=S)N(NC(=O)c3ccccc3Br)C2=O)cc1. The van der Waals surface area contributed by atoms with E-state index < -0.39 is 11.8 Å². The molecule has 1 heterocycles. The van der Waals surface area contributed by atoms with Crippen molar-refractivity contribution in [3.63, 3.8) is 0 Å². The minimum absolute atomic E-state index is 0.242. The summed E-state index contributed by atoms with van der Waals surface area (Å²) in [6, 6.07) is 13.7. The third-order valence-electron chi connectivity index (χ3n) is 3.50. The Morgan fingerprint density at radius 2 is 1.77 bits per heavy atom. The summed E-state index contributed by atoms with van der Waals surface area (Å²) in [5.74, 6) is -0.842. The topological polar surface area (TPSA) is 66.5 Å². The van der Waals surface area contributed by atoms with Crippen LogP contribution in [0.2, 0.25) is 0 Å². The maximum absolute atomic E-state index is 12.6. The maximum Gasteiger partial charge on any atom is 0.285 e. The number of carbonyl (C=O) groups excluding carboxylic acids is 3. The standard InChI is InChI=1S/C18H11BrN2O3S2/c19-14-4-2-1-3-13(14)16(23)20-21-17(24)15(26-18(21)25)9-11-5-7-12(10-22)8-6-11/h1-10H,(H,20,23)/b15-9+. The largest absolute Gasteiger partial charge is 0.298 e. The van der Waals surface area contributed by atoms with Crippen LogP contribution in [0.4, 0.5) is 0 Å². The lowest BCUT2D eigenvalue weighted by atomic mass is 10.1. The van der Waals surface area contributed by atoms with Crippen molar-refractivity contribution < 1.29 is 14.4 Å². The summed E-state index contributed by atoms with van der Waals surface area (Å²) in [5.41, 5.74) is 4.24. The van der Waals surface area contributed by atoms with Crippen LogP contribution in [0.1, 0.15) is 26.3 Å². The zero-order valence-electron chi connectivity index (χ0n) is 13.1. The van der Waals surface area contributed by atoms with Crippen molar-refractivity contribution in [2.24, 2.45) is 0 Å². The average Bonchev–Trinajstić information content (AvgIpc) is 2.90. The van der Waals surface area contributed by atoms with E-state index in [4.69, 9.17) is 12.2 Å². The summed E-state index contributed by atoms with van der Waals surface area (Å²) < 4.78 is 0.861. The Balaban J connectivity index is 1.78. The quantitative estimate of drug-likeness (QED) is 0.439. The number of thioether (sulfide) groups is 1. The zero-order valence-corrected chi connectivity index (χ0v) is 16.4. The van der Waals surface area contributed by atoms with Crippen LogP contribution in [-0.2, 0) is 4.79 Å². The highest BCUT2D eigenvalue weighted by Crippen LogP contribution is 2.31. The molecule has 5 nitrogen and oxygen atoms in total. The van der Waals surface area contributed by atoms with Crippen LogP contribution in [0.5, 0.6) is 0 Å². The first-order chi connectivity index (χ1) is 12.5. The normalized spacial score (nSPS) is 15.4. The summed E-state index contributed by atoms with van der Waals surface area (Å²) in [6.07, 6.45) is 2.42. The van der Waals surface area contributed by atoms with E-state index in [1.165, 1.54) is 0 Å². The zero-order chi connectivity index (χ0) is 18.7. The number of thiocarbonyl (C=S) groups is 1. The number of aldehydes is 1. The number of benzene rings is 2. The molecule has 1 aliphatic heterocycles. The highest BCUT2D eigenvalue weighted by Gasteiger charge is 2.34. The summed E-state index contributed by atoms with van der Waals surface area (Å²) in [7, 11) is 0. The molecule has 0 bridgehead atoms. The Morgan fingerprint density at radius 3 is 2.42 bits per heavy atom. The van der Waals surface area contributed by atoms with Gasteiger partial charge in [-0.1, -0.05) is 48.2 Å². The van der Waals surface area contributed by atoms with Gasteiger partial charge in [-0.05, 0) is 51.9 Å². The third-order valence-corrected chi connectivity index (χ3v) is 5.49. The lowest BCUT2D eigenvalue weighted by Gasteiger charge is -2.16. The molecule has 1 N–H and O–H groups in total. The number of carbonyl (C=O) groups is 3. The molecule has 130 valence electrons. The van der Waals surface area contributed by atoms with Crippen molar-refractivity contribution in [2.75, 3.05) is 0 Å². The Morgan fingerprint density at radius 1 is 1.12 bits per heavy atom. The first-order valence-corrected chi connectivity index (χ1v) is 9.40. The molecule has 0 aliphatic carbocycles. The maximum atomic E-state index is 12.6. The predicted octanol–water partition coefficient (Wildman–Crippen LogP) is 3.81. The molecule has 0 spiro atoms. The van der Waals surface area contributed by atoms with Crippen LogP contribution in [0.25, 0.3) is 6.08 Å². The van der Waals surface area contributed by atoms with Gasteiger partial charge in [-0.2, -0.15) is 5.01 Å². The van der Waals surface area contributed by atoms with Gasteiger partial charge < -0.3 is 0 Å². The fourth-order valence-corrected chi connectivity index (χ4v) is 3.84. The first-order valence-electron chi connectivity index (χ1n) is 7.38. The molecule has 2 aromatic rings. The van der Waals surface area contributed by atoms with Crippen LogP contribution >= 0.6 is 39.9 Å². The first kappa shape index (κ1) is 18.5. The highest BCUT2D eigenvalue weighted by molar-refractivity contribution is 9.10. The minimum atomic E-state index is -0.439. The third kappa shape index (κ3) is 3.92. The lowest BCUT2D eigenvalue weighted by Crippen LogP contribution is -2.44. The van der Waals surface area contributed by atoms with E-state index in [0.717, 1.165) is 28.6 Å². The second kappa shape index (κ2) is 7.94. The van der Waals surface area contributed by atoms with Gasteiger partial charge in [-0.3, -0.25) is 19.8 Å². The molecule has 3 rings (SSSR count). The van der Waals surface area contributed by atoms with Gasteiger partial charge >= 0.3 is 0 Å². The molecule has 0 saturated carbocycles. The predicted molar refractivity (Wildman–Crippen MR) is 108 cm³/mol. The summed E-state index contributed by atoms with van der Waals surface area (Å²) in [6.45, 7) is 0. The van der Waals surface area contributed by atoms with E-state index in [2.05, 4.69) is 21.4 Å². The fraction of sp³-hybridized carbons (Fsp3) is 0. The van der Waals surface area contributed by atoms with E-state index in [-0.39, 0.29) is 4.32 Å². The fourth-order valence-electron chi connectivity index (χ4n) is 2.19.